The zero-order chi connectivity index (χ0) is 7.49. The van der Waals surface area contributed by atoms with Gasteiger partial charge in [-0.15, -0.1) is 0 Å². The second kappa shape index (κ2) is 3.67. The number of hydrogen-bond donors (Lipinski definition) is 2. The van der Waals surface area contributed by atoms with Gasteiger partial charge in [0, 0.05) is 0 Å². The lowest BCUT2D eigenvalue weighted by molar-refractivity contribution is 0.346. The van der Waals surface area contributed by atoms with Crippen LogP contribution in [0.3, 0.4) is 0 Å². The molecule has 0 atom stereocenters. The third kappa shape index (κ3) is 3.31. The van der Waals surface area contributed by atoms with Crippen molar-refractivity contribution >= 4 is 15.2 Å². The lowest BCUT2D eigenvalue weighted by Crippen LogP contribution is -2.20. The predicted molar refractivity (Wildman–Crippen MR) is 44.4 cm³/mol. The molecule has 0 fully saturated rings. The average molecular weight is 166 g/mol. The highest BCUT2D eigenvalue weighted by Gasteiger charge is 2.24. The molecule has 0 aliphatic heterocycles. The Balaban J connectivity index is 3.79. The first-order valence-corrected chi connectivity index (χ1v) is 9.04. The average Bonchev–Trinajstić information content (AvgIpc) is 1.65. The number of aliphatic hydroxyl groups excluding tert-OH is 2. The molecule has 0 saturated carbocycles. The van der Waals surface area contributed by atoms with Gasteiger partial charge in [-0.25, -0.2) is 0 Å². The minimum atomic E-state index is -1.22. The molecule has 0 aromatic heterocycles. The van der Waals surface area contributed by atoms with Crippen LogP contribution in [0.25, 0.3) is 0 Å². The van der Waals surface area contributed by atoms with Gasteiger partial charge in [0.1, 0.15) is 0 Å². The van der Waals surface area contributed by atoms with Crippen LogP contribution in [0.1, 0.15) is 0 Å². The molecule has 0 aromatic rings. The molecule has 0 spiro atoms. The highest BCUT2D eigenvalue weighted by molar-refractivity contribution is 7.94. The van der Waals surface area contributed by atoms with Crippen molar-refractivity contribution in [3.63, 3.8) is 0 Å². The molecule has 2 nitrogen and oxygen atoms in total. The van der Waals surface area contributed by atoms with Gasteiger partial charge < -0.3 is 10.2 Å². The Morgan fingerprint density at radius 1 is 1.11 bits per heavy atom. The maximum absolute atomic E-state index is 8.77. The third-order valence-corrected chi connectivity index (χ3v) is 10.4. The van der Waals surface area contributed by atoms with E-state index >= 15 is 0 Å². The molecular weight excluding hydrogens is 151 g/mol. The molecule has 0 saturated heterocycles. The van der Waals surface area contributed by atoms with Crippen molar-refractivity contribution in [1.29, 1.82) is 0 Å². The fourth-order valence-corrected chi connectivity index (χ4v) is 3.95. The summed E-state index contributed by atoms with van der Waals surface area (Å²) in [5, 5.41) is 17.5. The number of rotatable bonds is 3. The van der Waals surface area contributed by atoms with Crippen molar-refractivity contribution in [2.45, 2.75) is 19.6 Å². The van der Waals surface area contributed by atoms with Crippen molar-refractivity contribution in [2.75, 3.05) is 12.7 Å². The molecular formula is C5H15O2PSi. The number of hydrogen-bond acceptors (Lipinski definition) is 2. The van der Waals surface area contributed by atoms with Gasteiger partial charge in [-0.2, -0.15) is 0 Å². The SMILES string of the molecule is C[Si](C)(C)P(CO)CO. The van der Waals surface area contributed by atoms with Crippen molar-refractivity contribution in [2.24, 2.45) is 0 Å². The second-order valence-corrected chi connectivity index (χ2v) is 14.9. The summed E-state index contributed by atoms with van der Waals surface area (Å²) in [5.74, 6) is 0. The minimum absolute atomic E-state index is 0.196. The Labute approximate surface area is 58.5 Å². The van der Waals surface area contributed by atoms with Crippen LogP contribution in [0.15, 0.2) is 0 Å². The van der Waals surface area contributed by atoms with Gasteiger partial charge in [0.25, 0.3) is 0 Å². The highest BCUT2D eigenvalue weighted by atomic mass is 31.4. The summed E-state index contributed by atoms with van der Waals surface area (Å²) in [5.41, 5.74) is 0. The summed E-state index contributed by atoms with van der Waals surface area (Å²) in [6.45, 7) is 6.52. The van der Waals surface area contributed by atoms with Crippen LogP contribution in [0.5, 0.6) is 0 Å². The largest absolute Gasteiger partial charge is 0.392 e. The first-order valence-electron chi connectivity index (χ1n) is 2.99. The van der Waals surface area contributed by atoms with E-state index in [0.29, 0.717) is 0 Å². The van der Waals surface area contributed by atoms with Crippen molar-refractivity contribution in [3.05, 3.63) is 0 Å². The van der Waals surface area contributed by atoms with Crippen LogP contribution in [0.4, 0.5) is 0 Å². The van der Waals surface area contributed by atoms with Gasteiger partial charge in [0.15, 0.2) is 0 Å². The Hall–Kier alpha value is 0.567. The van der Waals surface area contributed by atoms with Gasteiger partial charge in [0.2, 0.25) is 0 Å². The quantitative estimate of drug-likeness (QED) is 0.488. The molecule has 0 aliphatic carbocycles. The molecule has 0 radical (unpaired) electrons. The van der Waals surface area contributed by atoms with E-state index in [4.69, 9.17) is 10.2 Å². The summed E-state index contributed by atoms with van der Waals surface area (Å²) in [6.07, 6.45) is 0.392. The van der Waals surface area contributed by atoms with E-state index in [-0.39, 0.29) is 12.7 Å². The minimum Gasteiger partial charge on any atom is -0.392 e. The predicted octanol–water partition coefficient (Wildman–Crippen LogP) is 1.20. The van der Waals surface area contributed by atoms with E-state index < -0.39 is 15.2 Å². The summed E-state index contributed by atoms with van der Waals surface area (Å²) in [4.78, 5) is 0. The monoisotopic (exact) mass is 166 g/mol. The van der Waals surface area contributed by atoms with Crippen LogP contribution in [0.2, 0.25) is 19.6 Å². The molecule has 56 valence electrons. The Bertz CT molecular complexity index is 77.5. The lowest BCUT2D eigenvalue weighted by atomic mass is 11.7. The maximum atomic E-state index is 8.77. The zero-order valence-electron chi connectivity index (χ0n) is 6.26. The van der Waals surface area contributed by atoms with Gasteiger partial charge in [0.05, 0.1) is 20.4 Å². The molecule has 9 heavy (non-hydrogen) atoms. The van der Waals surface area contributed by atoms with Crippen molar-refractivity contribution in [3.8, 4) is 0 Å². The molecule has 0 unspecified atom stereocenters. The fraction of sp³-hybridized carbons (Fsp3) is 1.00. The molecule has 0 aromatic carbocycles. The standard InChI is InChI=1S/C5H15O2PSi/c1-9(2,3)8(4-6)5-7/h6-7H,4-5H2,1-3H3. The van der Waals surface area contributed by atoms with Crippen LogP contribution in [-0.4, -0.2) is 30.7 Å². The van der Waals surface area contributed by atoms with Gasteiger partial charge in [-0.3, -0.25) is 0 Å². The van der Waals surface area contributed by atoms with Crippen LogP contribution >= 0.6 is 7.47 Å². The molecule has 0 rings (SSSR count). The Morgan fingerprint density at radius 2 is 1.44 bits per heavy atom. The van der Waals surface area contributed by atoms with Crippen molar-refractivity contribution in [1.82, 2.24) is 0 Å². The topological polar surface area (TPSA) is 40.5 Å². The Kier molecular flexibility index (Phi) is 3.90. The lowest BCUT2D eigenvalue weighted by Gasteiger charge is -2.25. The normalized spacial score (nSPS) is 12.7. The molecule has 4 heteroatoms. The van der Waals surface area contributed by atoms with Gasteiger partial charge in [-0.05, 0) is 0 Å². The van der Waals surface area contributed by atoms with Gasteiger partial charge in [-0.1, -0.05) is 27.1 Å². The Morgan fingerprint density at radius 3 is 1.44 bits per heavy atom. The van der Waals surface area contributed by atoms with E-state index in [1.54, 1.807) is 0 Å². The first-order chi connectivity index (χ1) is 4.02. The maximum Gasteiger partial charge on any atom is 0.0776 e. The fourth-order valence-electron chi connectivity index (χ4n) is 0.469. The van der Waals surface area contributed by atoms with E-state index in [0.717, 1.165) is 0 Å². The molecule has 0 heterocycles. The summed E-state index contributed by atoms with van der Waals surface area (Å²) < 4.78 is 0. The third-order valence-electron chi connectivity index (χ3n) is 1.29. The van der Waals surface area contributed by atoms with Crippen LogP contribution < -0.4 is 0 Å². The van der Waals surface area contributed by atoms with E-state index in [2.05, 4.69) is 19.6 Å². The smallest absolute Gasteiger partial charge is 0.0776 e. The van der Waals surface area contributed by atoms with Crippen LogP contribution in [-0.2, 0) is 0 Å². The zero-order valence-corrected chi connectivity index (χ0v) is 8.15. The van der Waals surface area contributed by atoms with E-state index in [1.807, 2.05) is 0 Å². The molecule has 2 N–H and O–H groups in total. The molecule has 0 bridgehead atoms. The highest BCUT2D eigenvalue weighted by Crippen LogP contribution is 2.43. The summed E-state index contributed by atoms with van der Waals surface area (Å²) in [7, 11) is -1.67. The summed E-state index contributed by atoms with van der Waals surface area (Å²) >= 11 is 0. The van der Waals surface area contributed by atoms with E-state index in [9.17, 15) is 0 Å². The second-order valence-electron chi connectivity index (χ2n) is 2.99. The molecule has 0 aliphatic rings. The summed E-state index contributed by atoms with van der Waals surface area (Å²) in [6, 6.07) is 0. The molecule has 0 amide bonds. The number of aliphatic hydroxyl groups is 2. The first kappa shape index (κ1) is 9.57. The van der Waals surface area contributed by atoms with E-state index in [1.165, 1.54) is 0 Å². The van der Waals surface area contributed by atoms with Gasteiger partial charge >= 0.3 is 0 Å². The van der Waals surface area contributed by atoms with Crippen molar-refractivity contribution < 1.29 is 10.2 Å². The van der Waals surface area contributed by atoms with Crippen LogP contribution in [0, 0.1) is 0 Å².